The van der Waals surface area contributed by atoms with Crippen molar-refractivity contribution in [2.45, 2.75) is 32.6 Å². The zero-order valence-corrected chi connectivity index (χ0v) is 11.0. The second-order valence-electron chi connectivity index (χ2n) is 4.91. The number of hydrogen-bond donors (Lipinski definition) is 2. The predicted molar refractivity (Wildman–Crippen MR) is 70.4 cm³/mol. The summed E-state index contributed by atoms with van der Waals surface area (Å²) in [6.45, 7) is 3.20. The van der Waals surface area contributed by atoms with Crippen LogP contribution in [0.5, 0.6) is 6.01 Å². The molecule has 0 saturated heterocycles. The Kier molecular flexibility index (Phi) is 4.17. The number of nitrogens with zero attached hydrogens (tertiary/aromatic N) is 3. The first-order chi connectivity index (χ1) is 8.69. The third kappa shape index (κ3) is 3.21. The van der Waals surface area contributed by atoms with Crippen molar-refractivity contribution < 1.29 is 4.74 Å². The molecule has 0 radical (unpaired) electrons. The van der Waals surface area contributed by atoms with Crippen LogP contribution in [0.15, 0.2) is 0 Å². The van der Waals surface area contributed by atoms with Crippen LogP contribution in [0.4, 0.5) is 11.9 Å². The molecule has 2 unspecified atom stereocenters. The number of methoxy groups -OCH3 is 1. The Balaban J connectivity index is 1.94. The Labute approximate surface area is 107 Å². The van der Waals surface area contributed by atoms with Gasteiger partial charge in [-0.05, 0) is 18.3 Å². The van der Waals surface area contributed by atoms with Crippen LogP contribution in [0.25, 0.3) is 0 Å². The second kappa shape index (κ2) is 5.84. The van der Waals surface area contributed by atoms with Crippen LogP contribution in [-0.2, 0) is 0 Å². The van der Waals surface area contributed by atoms with E-state index in [-0.39, 0.29) is 12.0 Å². The number of nitrogens with two attached hydrogens (primary N) is 1. The van der Waals surface area contributed by atoms with Crippen molar-refractivity contribution in [1.82, 2.24) is 15.0 Å². The maximum atomic E-state index is 5.59. The molecule has 1 saturated carbocycles. The molecule has 0 bridgehead atoms. The molecule has 1 aromatic rings. The third-order valence-electron chi connectivity index (χ3n) is 3.63. The number of nitrogens with one attached hydrogen (secondary N) is 1. The van der Waals surface area contributed by atoms with Crippen LogP contribution in [-0.4, -0.2) is 28.6 Å². The molecule has 3 N–H and O–H groups in total. The minimum absolute atomic E-state index is 0.182. The molecule has 2 rings (SSSR count). The van der Waals surface area contributed by atoms with Gasteiger partial charge in [0.05, 0.1) is 7.11 Å². The van der Waals surface area contributed by atoms with Gasteiger partial charge in [-0.2, -0.15) is 15.0 Å². The Bertz CT molecular complexity index is 398. The number of aromatic nitrogens is 3. The first-order valence-corrected chi connectivity index (χ1v) is 6.48. The summed E-state index contributed by atoms with van der Waals surface area (Å²) in [6, 6.07) is 0.252. The molecular weight excluding hydrogens is 230 g/mol. The van der Waals surface area contributed by atoms with Crippen molar-refractivity contribution in [3.63, 3.8) is 0 Å². The highest BCUT2D eigenvalue weighted by Gasteiger charge is 2.21. The van der Waals surface area contributed by atoms with Gasteiger partial charge in [-0.1, -0.05) is 26.2 Å². The molecular formula is C12H21N5O. The summed E-state index contributed by atoms with van der Waals surface area (Å²) >= 11 is 0. The fraction of sp³-hybridized carbons (Fsp3) is 0.750. The van der Waals surface area contributed by atoms with Crippen LogP contribution in [0.1, 0.15) is 32.6 Å². The highest BCUT2D eigenvalue weighted by atomic mass is 16.5. The number of anilines is 2. The largest absolute Gasteiger partial charge is 0.467 e. The van der Waals surface area contributed by atoms with Crippen LogP contribution in [0, 0.1) is 11.8 Å². The summed E-state index contributed by atoms with van der Waals surface area (Å²) in [7, 11) is 1.52. The molecule has 1 aromatic heterocycles. The van der Waals surface area contributed by atoms with Gasteiger partial charge < -0.3 is 15.8 Å². The second-order valence-corrected chi connectivity index (χ2v) is 4.91. The first kappa shape index (κ1) is 12.9. The molecule has 1 aliphatic carbocycles. The highest BCUT2D eigenvalue weighted by Crippen LogP contribution is 2.29. The van der Waals surface area contributed by atoms with E-state index in [1.165, 1.54) is 32.8 Å². The lowest BCUT2D eigenvalue weighted by Gasteiger charge is -2.28. The van der Waals surface area contributed by atoms with Gasteiger partial charge in [-0.25, -0.2) is 0 Å². The zero-order chi connectivity index (χ0) is 13.0. The Morgan fingerprint density at radius 2 is 2.06 bits per heavy atom. The topological polar surface area (TPSA) is 86.0 Å². The lowest BCUT2D eigenvalue weighted by atomic mass is 9.80. The zero-order valence-electron chi connectivity index (χ0n) is 11.0. The van der Waals surface area contributed by atoms with Crippen molar-refractivity contribution >= 4 is 11.9 Å². The molecule has 100 valence electrons. The van der Waals surface area contributed by atoms with Crippen molar-refractivity contribution in [3.8, 4) is 6.01 Å². The Morgan fingerprint density at radius 1 is 1.28 bits per heavy atom. The highest BCUT2D eigenvalue weighted by molar-refractivity contribution is 5.32. The SMILES string of the molecule is COc1nc(N)nc(NCC2CCCCC2C)n1. The fourth-order valence-corrected chi connectivity index (χ4v) is 2.46. The molecule has 1 aliphatic rings. The maximum Gasteiger partial charge on any atom is 0.322 e. The molecule has 0 aromatic carbocycles. The minimum atomic E-state index is 0.182. The van der Waals surface area contributed by atoms with Gasteiger partial charge >= 0.3 is 6.01 Å². The Morgan fingerprint density at radius 3 is 2.78 bits per heavy atom. The molecule has 1 fully saturated rings. The summed E-state index contributed by atoms with van der Waals surface area (Å²) in [5.41, 5.74) is 5.59. The van der Waals surface area contributed by atoms with Gasteiger partial charge in [-0.3, -0.25) is 0 Å². The third-order valence-corrected chi connectivity index (χ3v) is 3.63. The van der Waals surface area contributed by atoms with Gasteiger partial charge in [0.2, 0.25) is 11.9 Å². The van der Waals surface area contributed by atoms with Gasteiger partial charge in [0, 0.05) is 6.54 Å². The molecule has 18 heavy (non-hydrogen) atoms. The average molecular weight is 251 g/mol. The maximum absolute atomic E-state index is 5.59. The van der Waals surface area contributed by atoms with E-state index >= 15 is 0 Å². The number of hydrogen-bond acceptors (Lipinski definition) is 6. The summed E-state index contributed by atoms with van der Waals surface area (Å²) in [6.07, 6.45) is 5.25. The molecule has 0 spiro atoms. The van der Waals surface area contributed by atoms with Crippen LogP contribution < -0.4 is 15.8 Å². The van der Waals surface area contributed by atoms with E-state index in [1.807, 2.05) is 0 Å². The monoisotopic (exact) mass is 251 g/mol. The number of ether oxygens (including phenoxy) is 1. The molecule has 1 heterocycles. The number of nitrogen functional groups attached to an aromatic ring is 1. The summed E-state index contributed by atoms with van der Waals surface area (Å²) < 4.78 is 4.97. The lowest BCUT2D eigenvalue weighted by Crippen LogP contribution is -2.25. The van der Waals surface area contributed by atoms with E-state index in [0.717, 1.165) is 12.5 Å². The normalized spacial score (nSPS) is 23.7. The van der Waals surface area contributed by atoms with E-state index in [2.05, 4.69) is 27.2 Å². The molecule has 0 amide bonds. The van der Waals surface area contributed by atoms with Crippen LogP contribution in [0.2, 0.25) is 0 Å². The Hall–Kier alpha value is -1.59. The van der Waals surface area contributed by atoms with Crippen molar-refractivity contribution in [2.75, 3.05) is 24.7 Å². The minimum Gasteiger partial charge on any atom is -0.467 e. The van der Waals surface area contributed by atoms with E-state index in [4.69, 9.17) is 10.5 Å². The summed E-state index contributed by atoms with van der Waals surface area (Å²) in [5, 5.41) is 3.24. The first-order valence-electron chi connectivity index (χ1n) is 6.48. The van der Waals surface area contributed by atoms with Crippen molar-refractivity contribution in [1.29, 1.82) is 0 Å². The van der Waals surface area contributed by atoms with E-state index in [1.54, 1.807) is 0 Å². The van der Waals surface area contributed by atoms with Crippen LogP contribution >= 0.6 is 0 Å². The van der Waals surface area contributed by atoms with Gasteiger partial charge in [-0.15, -0.1) is 0 Å². The predicted octanol–water partition coefficient (Wildman–Crippen LogP) is 1.70. The van der Waals surface area contributed by atoms with Crippen molar-refractivity contribution in [2.24, 2.45) is 11.8 Å². The molecule has 2 atom stereocenters. The fourth-order valence-electron chi connectivity index (χ4n) is 2.46. The number of rotatable bonds is 4. The smallest absolute Gasteiger partial charge is 0.322 e. The lowest BCUT2D eigenvalue weighted by molar-refractivity contribution is 0.268. The summed E-state index contributed by atoms with van der Waals surface area (Å²) in [5.74, 6) is 2.12. The van der Waals surface area contributed by atoms with E-state index in [0.29, 0.717) is 11.9 Å². The van der Waals surface area contributed by atoms with Crippen LogP contribution in [0.3, 0.4) is 0 Å². The standard InChI is InChI=1S/C12H21N5O/c1-8-5-3-4-6-9(8)7-14-11-15-10(13)16-12(17-11)18-2/h8-9H,3-7H2,1-2H3,(H3,13,14,15,16,17). The van der Waals surface area contributed by atoms with Gasteiger partial charge in [0.25, 0.3) is 0 Å². The molecule has 0 aliphatic heterocycles. The average Bonchev–Trinajstić information content (AvgIpc) is 2.37. The van der Waals surface area contributed by atoms with Crippen molar-refractivity contribution in [3.05, 3.63) is 0 Å². The van der Waals surface area contributed by atoms with E-state index < -0.39 is 0 Å². The van der Waals surface area contributed by atoms with Gasteiger partial charge in [0.15, 0.2) is 0 Å². The molecule has 6 heteroatoms. The molecule has 6 nitrogen and oxygen atoms in total. The van der Waals surface area contributed by atoms with Gasteiger partial charge in [0.1, 0.15) is 0 Å². The van der Waals surface area contributed by atoms with E-state index in [9.17, 15) is 0 Å². The quantitative estimate of drug-likeness (QED) is 0.847. The summed E-state index contributed by atoms with van der Waals surface area (Å²) in [4.78, 5) is 12.0.